The van der Waals surface area contributed by atoms with Gasteiger partial charge in [-0.25, -0.2) is 0 Å². The van der Waals surface area contributed by atoms with Crippen molar-refractivity contribution in [3.63, 3.8) is 0 Å². The monoisotopic (exact) mass is 293 g/mol. The molecule has 3 heteroatoms. The maximum atomic E-state index is 6.22. The summed E-state index contributed by atoms with van der Waals surface area (Å²) in [4.78, 5) is 0. The fraction of sp³-hybridized carbons (Fsp3) is 0.250. The molecule has 2 aromatic carbocycles. The Morgan fingerprint density at radius 1 is 1.05 bits per heavy atom. The van der Waals surface area contributed by atoms with Crippen LogP contribution in [0.2, 0.25) is 10.0 Å². The lowest BCUT2D eigenvalue weighted by Gasteiger charge is -2.15. The second kappa shape index (κ2) is 6.42. The van der Waals surface area contributed by atoms with Crippen molar-refractivity contribution >= 4 is 23.2 Å². The molecule has 0 aliphatic rings. The Balaban J connectivity index is 2.00. The van der Waals surface area contributed by atoms with Crippen molar-refractivity contribution in [3.8, 4) is 0 Å². The predicted molar refractivity (Wildman–Crippen MR) is 82.9 cm³/mol. The summed E-state index contributed by atoms with van der Waals surface area (Å²) in [7, 11) is 0. The van der Waals surface area contributed by atoms with E-state index in [4.69, 9.17) is 23.2 Å². The molecule has 0 fully saturated rings. The fourth-order valence-electron chi connectivity index (χ4n) is 1.93. The van der Waals surface area contributed by atoms with Crippen LogP contribution < -0.4 is 5.32 Å². The summed E-state index contributed by atoms with van der Waals surface area (Å²) in [6.45, 7) is 4.92. The highest BCUT2D eigenvalue weighted by molar-refractivity contribution is 6.31. The van der Waals surface area contributed by atoms with Crippen molar-refractivity contribution in [1.82, 2.24) is 5.32 Å². The van der Waals surface area contributed by atoms with Gasteiger partial charge in [0.15, 0.2) is 0 Å². The van der Waals surface area contributed by atoms with E-state index < -0.39 is 0 Å². The summed E-state index contributed by atoms with van der Waals surface area (Å²) in [6.07, 6.45) is 0. The number of halogens is 2. The quantitative estimate of drug-likeness (QED) is 0.822. The predicted octanol–water partition coefficient (Wildman–Crippen LogP) is 5.15. The average molecular weight is 294 g/mol. The zero-order chi connectivity index (χ0) is 13.8. The Morgan fingerprint density at radius 3 is 2.37 bits per heavy atom. The third-order valence-electron chi connectivity index (χ3n) is 3.18. The summed E-state index contributed by atoms with van der Waals surface area (Å²) < 4.78 is 0. The van der Waals surface area contributed by atoms with Gasteiger partial charge in [0.05, 0.1) is 0 Å². The molecule has 0 aliphatic heterocycles. The van der Waals surface area contributed by atoms with Crippen LogP contribution in [0.5, 0.6) is 0 Å². The van der Waals surface area contributed by atoms with Gasteiger partial charge in [-0.15, -0.1) is 0 Å². The maximum absolute atomic E-state index is 6.22. The molecule has 0 unspecified atom stereocenters. The third-order valence-corrected chi connectivity index (χ3v) is 3.78. The van der Waals surface area contributed by atoms with Gasteiger partial charge in [-0.1, -0.05) is 47.5 Å². The van der Waals surface area contributed by atoms with Gasteiger partial charge in [0.1, 0.15) is 0 Å². The Labute approximate surface area is 124 Å². The van der Waals surface area contributed by atoms with Crippen LogP contribution in [0.15, 0.2) is 42.5 Å². The minimum absolute atomic E-state index is 0.259. The summed E-state index contributed by atoms with van der Waals surface area (Å²) in [6, 6.07) is 14.3. The molecule has 2 aromatic rings. The number of hydrogen-bond acceptors (Lipinski definition) is 1. The molecule has 0 heterocycles. The maximum Gasteiger partial charge on any atom is 0.0453 e. The molecule has 100 valence electrons. The average Bonchev–Trinajstić information content (AvgIpc) is 2.38. The van der Waals surface area contributed by atoms with Crippen molar-refractivity contribution in [2.75, 3.05) is 0 Å². The second-order valence-electron chi connectivity index (χ2n) is 4.75. The lowest BCUT2D eigenvalue weighted by molar-refractivity contribution is 0.575. The van der Waals surface area contributed by atoms with E-state index >= 15 is 0 Å². The van der Waals surface area contributed by atoms with Gasteiger partial charge < -0.3 is 5.32 Å². The molecule has 1 atom stereocenters. The first-order valence-electron chi connectivity index (χ1n) is 6.30. The van der Waals surface area contributed by atoms with E-state index in [-0.39, 0.29) is 6.04 Å². The summed E-state index contributed by atoms with van der Waals surface area (Å²) >= 11 is 12.1. The molecule has 0 spiro atoms. The van der Waals surface area contributed by atoms with Crippen LogP contribution >= 0.6 is 23.2 Å². The van der Waals surface area contributed by atoms with Crippen LogP contribution in [0.3, 0.4) is 0 Å². The molecule has 2 rings (SSSR count). The van der Waals surface area contributed by atoms with Crippen molar-refractivity contribution < 1.29 is 0 Å². The van der Waals surface area contributed by atoms with Gasteiger partial charge >= 0.3 is 0 Å². The molecule has 0 bridgehead atoms. The Morgan fingerprint density at radius 2 is 1.74 bits per heavy atom. The Kier molecular flexibility index (Phi) is 4.87. The summed E-state index contributed by atoms with van der Waals surface area (Å²) in [5.41, 5.74) is 3.51. The van der Waals surface area contributed by atoms with E-state index in [0.717, 1.165) is 22.2 Å². The normalized spacial score (nSPS) is 12.4. The summed E-state index contributed by atoms with van der Waals surface area (Å²) in [5, 5.41) is 5.04. The van der Waals surface area contributed by atoms with Gasteiger partial charge in [-0.05, 0) is 48.7 Å². The Hall–Kier alpha value is -1.02. The summed E-state index contributed by atoms with van der Waals surface area (Å²) in [5.74, 6) is 0. The van der Waals surface area contributed by atoms with E-state index in [1.54, 1.807) is 0 Å². The van der Waals surface area contributed by atoms with Gasteiger partial charge in [-0.3, -0.25) is 0 Å². The van der Waals surface area contributed by atoms with E-state index in [2.05, 4.69) is 24.4 Å². The molecule has 0 saturated heterocycles. The van der Waals surface area contributed by atoms with Crippen LogP contribution in [-0.2, 0) is 6.54 Å². The van der Waals surface area contributed by atoms with Gasteiger partial charge in [0.25, 0.3) is 0 Å². The highest BCUT2D eigenvalue weighted by Gasteiger charge is 2.06. The van der Waals surface area contributed by atoms with Crippen LogP contribution in [0, 0.1) is 6.92 Å². The zero-order valence-electron chi connectivity index (χ0n) is 11.1. The van der Waals surface area contributed by atoms with Crippen LogP contribution in [0.25, 0.3) is 0 Å². The largest absolute Gasteiger partial charge is 0.306 e. The molecule has 0 saturated carbocycles. The number of benzene rings is 2. The molecular weight excluding hydrogens is 277 g/mol. The van der Waals surface area contributed by atoms with Crippen LogP contribution in [0.4, 0.5) is 0 Å². The van der Waals surface area contributed by atoms with Crippen molar-refractivity contribution in [3.05, 3.63) is 69.2 Å². The van der Waals surface area contributed by atoms with Gasteiger partial charge in [0.2, 0.25) is 0 Å². The highest BCUT2D eigenvalue weighted by atomic mass is 35.5. The minimum Gasteiger partial charge on any atom is -0.306 e. The third kappa shape index (κ3) is 3.97. The zero-order valence-corrected chi connectivity index (χ0v) is 12.6. The number of hydrogen-bond donors (Lipinski definition) is 1. The van der Waals surface area contributed by atoms with Crippen molar-refractivity contribution in [1.29, 1.82) is 0 Å². The van der Waals surface area contributed by atoms with Crippen LogP contribution in [-0.4, -0.2) is 0 Å². The first-order valence-corrected chi connectivity index (χ1v) is 7.06. The topological polar surface area (TPSA) is 12.0 Å². The van der Waals surface area contributed by atoms with Crippen molar-refractivity contribution in [2.45, 2.75) is 26.4 Å². The van der Waals surface area contributed by atoms with E-state index in [1.807, 2.05) is 37.3 Å². The highest BCUT2D eigenvalue weighted by Crippen LogP contribution is 2.20. The lowest BCUT2D eigenvalue weighted by atomic mass is 10.1. The van der Waals surface area contributed by atoms with E-state index in [0.29, 0.717) is 0 Å². The first kappa shape index (κ1) is 14.4. The molecular formula is C16H17Cl2N. The van der Waals surface area contributed by atoms with E-state index in [9.17, 15) is 0 Å². The number of aryl methyl sites for hydroxylation is 1. The molecule has 1 N–H and O–H groups in total. The van der Waals surface area contributed by atoms with E-state index in [1.165, 1.54) is 11.1 Å². The fourth-order valence-corrected chi connectivity index (χ4v) is 2.36. The smallest absolute Gasteiger partial charge is 0.0453 e. The van der Waals surface area contributed by atoms with Crippen LogP contribution in [0.1, 0.15) is 29.7 Å². The second-order valence-corrected chi connectivity index (χ2v) is 5.59. The molecule has 0 aromatic heterocycles. The molecule has 0 amide bonds. The minimum atomic E-state index is 0.259. The SMILES string of the molecule is Cc1ccc(CN[C@H](C)c2ccc(Cl)cc2)c(Cl)c1. The molecule has 0 aliphatic carbocycles. The first-order chi connectivity index (χ1) is 9.06. The lowest BCUT2D eigenvalue weighted by Crippen LogP contribution is -2.18. The molecule has 0 radical (unpaired) electrons. The Bertz CT molecular complexity index is 549. The number of rotatable bonds is 4. The number of nitrogens with one attached hydrogen (secondary N) is 1. The molecule has 19 heavy (non-hydrogen) atoms. The molecule has 1 nitrogen and oxygen atoms in total. The van der Waals surface area contributed by atoms with Crippen molar-refractivity contribution in [2.24, 2.45) is 0 Å². The van der Waals surface area contributed by atoms with Gasteiger partial charge in [-0.2, -0.15) is 0 Å². The van der Waals surface area contributed by atoms with Gasteiger partial charge in [0, 0.05) is 22.6 Å². The standard InChI is InChI=1S/C16H17Cl2N/c1-11-3-4-14(16(18)9-11)10-19-12(2)13-5-7-15(17)8-6-13/h3-9,12,19H,10H2,1-2H3/t12-/m1/s1.